The van der Waals surface area contributed by atoms with E-state index in [-0.39, 0.29) is 0 Å². The largest absolute Gasteiger partial charge is 0.384 e. The lowest BCUT2D eigenvalue weighted by atomic mass is 9.99. The molecule has 4 unspecified atom stereocenters. The lowest BCUT2D eigenvalue weighted by Crippen LogP contribution is -2.00. The molecule has 4 atom stereocenters. The number of fused-ring (bicyclic) bond motifs is 5. The van der Waals surface area contributed by atoms with Crippen molar-refractivity contribution in [2.45, 2.75) is 32.1 Å². The lowest BCUT2D eigenvalue weighted by Gasteiger charge is -2.06. The van der Waals surface area contributed by atoms with E-state index >= 15 is 0 Å². The Labute approximate surface area is 96.0 Å². The van der Waals surface area contributed by atoms with E-state index in [1.54, 1.807) is 0 Å². The van der Waals surface area contributed by atoms with Gasteiger partial charge in [-0.05, 0) is 49.9 Å². The molecule has 86 valence electrons. The molecule has 0 saturated heterocycles. The Morgan fingerprint density at radius 1 is 1.25 bits per heavy atom. The quantitative estimate of drug-likeness (QED) is 0.782. The molecule has 16 heavy (non-hydrogen) atoms. The van der Waals surface area contributed by atoms with Crippen molar-refractivity contribution in [2.75, 3.05) is 5.73 Å². The fourth-order valence-electron chi connectivity index (χ4n) is 4.67. The summed E-state index contributed by atoms with van der Waals surface area (Å²) in [4.78, 5) is 0. The van der Waals surface area contributed by atoms with Crippen LogP contribution in [0.15, 0.2) is 0 Å². The first-order valence-corrected chi connectivity index (χ1v) is 6.47. The molecule has 3 nitrogen and oxygen atoms in total. The molecule has 0 radical (unpaired) electrons. The molecule has 2 bridgehead atoms. The van der Waals surface area contributed by atoms with E-state index in [1.807, 2.05) is 11.7 Å². The summed E-state index contributed by atoms with van der Waals surface area (Å²) in [7, 11) is 1.96. The summed E-state index contributed by atoms with van der Waals surface area (Å²) in [6, 6.07) is 0. The molecule has 3 aliphatic carbocycles. The number of nitrogens with two attached hydrogens (primary N) is 1. The highest BCUT2D eigenvalue weighted by atomic mass is 15.3. The average molecular weight is 217 g/mol. The van der Waals surface area contributed by atoms with Gasteiger partial charge in [-0.15, -0.1) is 0 Å². The molecule has 0 aliphatic heterocycles. The second-order valence-corrected chi connectivity index (χ2v) is 6.03. The number of hydrogen-bond acceptors (Lipinski definition) is 2. The molecule has 1 aromatic rings. The monoisotopic (exact) mass is 217 g/mol. The predicted molar refractivity (Wildman–Crippen MR) is 62.9 cm³/mol. The van der Waals surface area contributed by atoms with Gasteiger partial charge in [0.15, 0.2) is 0 Å². The van der Waals surface area contributed by atoms with Crippen molar-refractivity contribution >= 4 is 5.82 Å². The molecule has 0 spiro atoms. The van der Waals surface area contributed by atoms with Gasteiger partial charge in [-0.2, -0.15) is 5.10 Å². The summed E-state index contributed by atoms with van der Waals surface area (Å²) in [5.74, 6) is 5.57. The topological polar surface area (TPSA) is 43.8 Å². The number of hydrogen-bond donors (Lipinski definition) is 1. The van der Waals surface area contributed by atoms with Crippen molar-refractivity contribution in [2.24, 2.45) is 30.7 Å². The average Bonchev–Trinajstić information content (AvgIpc) is 2.59. The highest BCUT2D eigenvalue weighted by molar-refractivity contribution is 5.46. The summed E-state index contributed by atoms with van der Waals surface area (Å²) < 4.78 is 1.85. The van der Waals surface area contributed by atoms with Crippen molar-refractivity contribution < 1.29 is 0 Å². The Hall–Kier alpha value is -0.990. The van der Waals surface area contributed by atoms with Crippen LogP contribution in [0.25, 0.3) is 0 Å². The van der Waals surface area contributed by atoms with E-state index < -0.39 is 0 Å². The van der Waals surface area contributed by atoms with Crippen molar-refractivity contribution in [1.29, 1.82) is 0 Å². The number of anilines is 1. The number of rotatable bonds is 1. The summed E-state index contributed by atoms with van der Waals surface area (Å²) >= 11 is 0. The van der Waals surface area contributed by atoms with Crippen LogP contribution < -0.4 is 5.73 Å². The predicted octanol–water partition coefficient (Wildman–Crippen LogP) is 2.07. The first-order chi connectivity index (χ1) is 7.68. The van der Waals surface area contributed by atoms with Gasteiger partial charge in [-0.25, -0.2) is 0 Å². The lowest BCUT2D eigenvalue weighted by molar-refractivity contribution is 0.456. The van der Waals surface area contributed by atoms with Crippen LogP contribution in [0.4, 0.5) is 5.82 Å². The molecule has 1 aromatic heterocycles. The summed E-state index contributed by atoms with van der Waals surface area (Å²) in [6.07, 6.45) is 4.46. The van der Waals surface area contributed by atoms with Gasteiger partial charge >= 0.3 is 0 Å². The zero-order chi connectivity index (χ0) is 11.0. The Morgan fingerprint density at radius 3 is 2.38 bits per heavy atom. The van der Waals surface area contributed by atoms with Gasteiger partial charge in [0.25, 0.3) is 0 Å². The molecule has 1 heterocycles. The Morgan fingerprint density at radius 2 is 1.88 bits per heavy atom. The minimum Gasteiger partial charge on any atom is -0.384 e. The van der Waals surface area contributed by atoms with Gasteiger partial charge < -0.3 is 5.73 Å². The molecule has 3 heteroatoms. The van der Waals surface area contributed by atoms with Crippen LogP contribution in [0.1, 0.15) is 36.4 Å². The van der Waals surface area contributed by atoms with E-state index in [2.05, 4.69) is 12.0 Å². The number of nitrogen functional groups attached to an aromatic ring is 1. The second-order valence-electron chi connectivity index (χ2n) is 6.03. The second kappa shape index (κ2) is 2.63. The van der Waals surface area contributed by atoms with E-state index in [4.69, 9.17) is 5.73 Å². The fourth-order valence-corrected chi connectivity index (χ4v) is 4.67. The maximum atomic E-state index is 6.00. The minimum atomic E-state index is 0.759. The third-order valence-corrected chi connectivity index (χ3v) is 5.43. The highest BCUT2D eigenvalue weighted by Gasteiger charge is 2.66. The van der Waals surface area contributed by atoms with Crippen LogP contribution in [-0.2, 0) is 7.05 Å². The molecular formula is C13H19N3. The molecule has 3 saturated carbocycles. The standard InChI is InChI=1S/C13H19N3/c1-6-12(15-16(2)13(6)14)11-9-7-3-4-8(5-7)10(9)11/h7-11H,3-5,14H2,1-2H3. The van der Waals surface area contributed by atoms with Gasteiger partial charge in [0.2, 0.25) is 0 Å². The van der Waals surface area contributed by atoms with Crippen LogP contribution in [-0.4, -0.2) is 9.78 Å². The minimum absolute atomic E-state index is 0.759. The maximum absolute atomic E-state index is 6.00. The Balaban J connectivity index is 1.71. The Kier molecular flexibility index (Phi) is 1.49. The zero-order valence-corrected chi connectivity index (χ0v) is 9.98. The van der Waals surface area contributed by atoms with Gasteiger partial charge in [0.05, 0.1) is 5.69 Å². The summed E-state index contributed by atoms with van der Waals surface area (Å²) in [5.41, 5.74) is 8.55. The number of aromatic nitrogens is 2. The summed E-state index contributed by atoms with van der Waals surface area (Å²) in [5, 5.41) is 4.64. The van der Waals surface area contributed by atoms with E-state index in [1.165, 1.54) is 30.5 Å². The van der Waals surface area contributed by atoms with Crippen molar-refractivity contribution in [3.8, 4) is 0 Å². The molecule has 0 amide bonds. The molecule has 0 aromatic carbocycles. The maximum Gasteiger partial charge on any atom is 0.124 e. The van der Waals surface area contributed by atoms with E-state index in [0.29, 0.717) is 0 Å². The molecule has 3 fully saturated rings. The van der Waals surface area contributed by atoms with Gasteiger partial charge in [0, 0.05) is 18.5 Å². The summed E-state index contributed by atoms with van der Waals surface area (Å²) in [6.45, 7) is 2.13. The number of nitrogens with zero attached hydrogens (tertiary/aromatic N) is 2. The van der Waals surface area contributed by atoms with Crippen LogP contribution in [0, 0.1) is 30.6 Å². The molecular weight excluding hydrogens is 198 g/mol. The van der Waals surface area contributed by atoms with Crippen molar-refractivity contribution in [3.05, 3.63) is 11.3 Å². The van der Waals surface area contributed by atoms with Crippen LogP contribution >= 0.6 is 0 Å². The Bertz CT molecular complexity index is 446. The molecule has 3 aliphatic rings. The van der Waals surface area contributed by atoms with E-state index in [0.717, 1.165) is 35.4 Å². The van der Waals surface area contributed by atoms with Gasteiger partial charge in [0.1, 0.15) is 5.82 Å². The van der Waals surface area contributed by atoms with Crippen molar-refractivity contribution in [1.82, 2.24) is 9.78 Å². The van der Waals surface area contributed by atoms with Crippen molar-refractivity contribution in [3.63, 3.8) is 0 Å². The van der Waals surface area contributed by atoms with Crippen LogP contribution in [0.3, 0.4) is 0 Å². The third-order valence-electron chi connectivity index (χ3n) is 5.43. The van der Waals surface area contributed by atoms with Crippen LogP contribution in [0.2, 0.25) is 0 Å². The third kappa shape index (κ3) is 0.886. The SMILES string of the molecule is Cc1c(C2C3C4CCC(C4)C23)nn(C)c1N. The normalized spacial score (nSPS) is 43.8. The molecule has 4 rings (SSSR count). The van der Waals surface area contributed by atoms with Crippen LogP contribution in [0.5, 0.6) is 0 Å². The first kappa shape index (κ1) is 9.08. The van der Waals surface area contributed by atoms with E-state index in [9.17, 15) is 0 Å². The fraction of sp³-hybridized carbons (Fsp3) is 0.769. The van der Waals surface area contributed by atoms with Gasteiger partial charge in [-0.3, -0.25) is 4.68 Å². The smallest absolute Gasteiger partial charge is 0.124 e. The van der Waals surface area contributed by atoms with Gasteiger partial charge in [-0.1, -0.05) is 0 Å². The zero-order valence-electron chi connectivity index (χ0n) is 9.98. The highest BCUT2D eigenvalue weighted by Crippen LogP contribution is 2.73. The first-order valence-electron chi connectivity index (χ1n) is 6.47. The number of aryl methyl sites for hydroxylation is 1. The molecule has 2 N–H and O–H groups in total.